The number of Topliss-reactive ketones (excluding diaryl/α,β-unsaturated/α-hetero) is 1. The van der Waals surface area contributed by atoms with Crippen molar-refractivity contribution in [1.29, 1.82) is 0 Å². The lowest BCUT2D eigenvalue weighted by molar-refractivity contribution is -0.132. The number of rotatable bonds is 7. The maximum absolute atomic E-state index is 13.6. The molecule has 194 valence electrons. The van der Waals surface area contributed by atoms with Crippen molar-refractivity contribution < 1.29 is 33.3 Å². The number of thiazole rings is 1. The predicted molar refractivity (Wildman–Crippen MR) is 142 cm³/mol. The first kappa shape index (κ1) is 25.2. The first-order chi connectivity index (χ1) is 18.4. The van der Waals surface area contributed by atoms with Crippen LogP contribution in [0.25, 0.3) is 16.0 Å². The number of aliphatic hydroxyl groups excluding tert-OH is 1. The number of fused-ring (bicyclic) bond motifs is 1. The van der Waals surface area contributed by atoms with E-state index in [1.165, 1.54) is 42.6 Å². The Hall–Kier alpha value is -4.44. The minimum Gasteiger partial charge on any atom is -0.507 e. The highest BCUT2D eigenvalue weighted by atomic mass is 32.1. The molecule has 10 heteroatoms. The highest BCUT2D eigenvalue weighted by Gasteiger charge is 2.49. The highest BCUT2D eigenvalue weighted by Crippen LogP contribution is 2.47. The van der Waals surface area contributed by atoms with Crippen molar-refractivity contribution >= 4 is 44.1 Å². The molecule has 1 aliphatic heterocycles. The molecular formula is C28H23FN2O6S. The third kappa shape index (κ3) is 4.32. The van der Waals surface area contributed by atoms with Crippen LogP contribution in [0.5, 0.6) is 17.2 Å². The van der Waals surface area contributed by atoms with Gasteiger partial charge in [0.25, 0.3) is 5.78 Å². The summed E-state index contributed by atoms with van der Waals surface area (Å²) in [7, 11) is 2.95. The van der Waals surface area contributed by atoms with E-state index in [-0.39, 0.29) is 16.3 Å². The van der Waals surface area contributed by atoms with Crippen LogP contribution in [0.4, 0.5) is 9.52 Å². The van der Waals surface area contributed by atoms with Crippen LogP contribution in [0.1, 0.15) is 24.1 Å². The van der Waals surface area contributed by atoms with Crippen LogP contribution in [-0.4, -0.2) is 42.6 Å². The maximum atomic E-state index is 13.6. The predicted octanol–water partition coefficient (Wildman–Crippen LogP) is 5.48. The van der Waals surface area contributed by atoms with Gasteiger partial charge in [-0.25, -0.2) is 9.37 Å². The summed E-state index contributed by atoms with van der Waals surface area (Å²) in [5.41, 5.74) is 1.03. The van der Waals surface area contributed by atoms with E-state index >= 15 is 0 Å². The van der Waals surface area contributed by atoms with Crippen LogP contribution in [0.2, 0.25) is 0 Å². The number of amides is 1. The van der Waals surface area contributed by atoms with Crippen LogP contribution in [-0.2, 0) is 9.59 Å². The quantitative estimate of drug-likeness (QED) is 0.191. The molecule has 4 aromatic rings. The number of hydrogen-bond donors (Lipinski definition) is 1. The monoisotopic (exact) mass is 534 g/mol. The topological polar surface area (TPSA) is 98.2 Å². The highest BCUT2D eigenvalue weighted by molar-refractivity contribution is 7.22. The minimum absolute atomic E-state index is 0.178. The third-order valence-corrected chi connectivity index (χ3v) is 7.18. The Kier molecular flexibility index (Phi) is 6.73. The molecule has 0 spiro atoms. The molecule has 1 amide bonds. The first-order valence-corrected chi connectivity index (χ1v) is 12.5. The molecule has 1 atom stereocenters. The lowest BCUT2D eigenvalue weighted by Crippen LogP contribution is -2.29. The van der Waals surface area contributed by atoms with Crippen molar-refractivity contribution in [1.82, 2.24) is 4.98 Å². The molecule has 1 unspecified atom stereocenters. The Balaban J connectivity index is 1.75. The molecule has 3 aromatic carbocycles. The number of carbonyl (C=O) groups is 2. The lowest BCUT2D eigenvalue weighted by Gasteiger charge is -2.25. The zero-order chi connectivity index (χ0) is 27.0. The van der Waals surface area contributed by atoms with Crippen LogP contribution >= 0.6 is 11.3 Å². The molecule has 1 N–H and O–H groups in total. The third-order valence-electron chi connectivity index (χ3n) is 6.16. The number of nitrogens with zero attached hydrogens (tertiary/aromatic N) is 2. The standard InChI is InChI=1S/C28H23FN2O6S/c1-4-37-18-9-11-20-22(14-18)38-28(30-20)31-24(19-13-17(35-2)10-12-21(19)36-3)23(26(33)27(31)34)25(32)15-5-7-16(29)8-6-15/h5-14,24,32H,4H2,1-3H3. The number of benzene rings is 3. The van der Waals surface area contributed by atoms with Crippen molar-refractivity contribution in [2.75, 3.05) is 25.7 Å². The number of carbonyl (C=O) groups excluding carboxylic acids is 2. The summed E-state index contributed by atoms with van der Waals surface area (Å²) in [4.78, 5) is 32.9. The molecule has 1 aromatic heterocycles. The second-order valence-electron chi connectivity index (χ2n) is 8.34. The molecule has 0 saturated carbocycles. The number of ketones is 1. The zero-order valence-corrected chi connectivity index (χ0v) is 21.5. The Bertz CT molecular complexity index is 1580. The van der Waals surface area contributed by atoms with Crippen molar-refractivity contribution in [2.24, 2.45) is 0 Å². The molecule has 0 aliphatic carbocycles. The van der Waals surface area contributed by atoms with Gasteiger partial charge in [0.15, 0.2) is 5.13 Å². The summed E-state index contributed by atoms with van der Waals surface area (Å²) in [6.07, 6.45) is 0. The Morgan fingerprint density at radius 3 is 2.45 bits per heavy atom. The average molecular weight is 535 g/mol. The Labute approximate surface area is 221 Å². The fourth-order valence-electron chi connectivity index (χ4n) is 4.39. The van der Waals surface area contributed by atoms with Gasteiger partial charge in [-0.1, -0.05) is 11.3 Å². The van der Waals surface area contributed by atoms with Gasteiger partial charge in [-0.15, -0.1) is 0 Å². The van der Waals surface area contributed by atoms with Gasteiger partial charge in [0, 0.05) is 11.1 Å². The molecule has 5 rings (SSSR count). The van der Waals surface area contributed by atoms with Crippen molar-refractivity contribution in [3.05, 3.63) is 83.2 Å². The van der Waals surface area contributed by atoms with Gasteiger partial charge >= 0.3 is 5.91 Å². The first-order valence-electron chi connectivity index (χ1n) is 11.7. The molecule has 8 nitrogen and oxygen atoms in total. The van der Waals surface area contributed by atoms with Crippen LogP contribution in [0, 0.1) is 5.82 Å². The zero-order valence-electron chi connectivity index (χ0n) is 20.7. The number of aromatic nitrogens is 1. The van der Waals surface area contributed by atoms with E-state index in [9.17, 15) is 19.1 Å². The summed E-state index contributed by atoms with van der Waals surface area (Å²) in [5.74, 6) is -1.25. The van der Waals surface area contributed by atoms with Gasteiger partial charge in [-0.2, -0.15) is 0 Å². The number of methoxy groups -OCH3 is 2. The number of anilines is 1. The van der Waals surface area contributed by atoms with Gasteiger partial charge in [-0.05, 0) is 67.6 Å². The van der Waals surface area contributed by atoms with Gasteiger partial charge in [0.2, 0.25) is 0 Å². The molecule has 1 fully saturated rings. The molecule has 1 aliphatic rings. The van der Waals surface area contributed by atoms with E-state index in [2.05, 4.69) is 4.98 Å². The van der Waals surface area contributed by atoms with Crippen molar-refractivity contribution in [2.45, 2.75) is 13.0 Å². The SMILES string of the molecule is CCOc1ccc2nc(N3C(=O)C(=O)C(=C(O)c4ccc(F)cc4)C3c3cc(OC)ccc3OC)sc2c1. The normalized spacial score (nSPS) is 16.7. The van der Waals surface area contributed by atoms with E-state index in [1.54, 1.807) is 30.3 Å². The molecular weight excluding hydrogens is 511 g/mol. The van der Waals surface area contributed by atoms with E-state index in [0.29, 0.717) is 34.9 Å². The molecule has 0 radical (unpaired) electrons. The van der Waals surface area contributed by atoms with Crippen molar-refractivity contribution in [3.63, 3.8) is 0 Å². The Morgan fingerprint density at radius 1 is 1.03 bits per heavy atom. The van der Waals surface area contributed by atoms with Gasteiger partial charge < -0.3 is 19.3 Å². The number of ether oxygens (including phenoxy) is 3. The lowest BCUT2D eigenvalue weighted by atomic mass is 9.94. The molecule has 0 bridgehead atoms. The van der Waals surface area contributed by atoms with Crippen LogP contribution in [0.15, 0.2) is 66.2 Å². The van der Waals surface area contributed by atoms with E-state index < -0.39 is 29.3 Å². The summed E-state index contributed by atoms with van der Waals surface area (Å²) in [5, 5.41) is 11.5. The van der Waals surface area contributed by atoms with Gasteiger partial charge in [0.1, 0.15) is 34.9 Å². The van der Waals surface area contributed by atoms with E-state index in [4.69, 9.17) is 14.2 Å². The number of halogens is 1. The van der Waals surface area contributed by atoms with Crippen LogP contribution < -0.4 is 19.1 Å². The smallest absolute Gasteiger partial charge is 0.301 e. The van der Waals surface area contributed by atoms with Gasteiger partial charge in [0.05, 0.1) is 36.6 Å². The van der Waals surface area contributed by atoms with E-state index in [0.717, 1.165) is 16.8 Å². The van der Waals surface area contributed by atoms with E-state index in [1.807, 2.05) is 13.0 Å². The Morgan fingerprint density at radius 2 is 1.76 bits per heavy atom. The summed E-state index contributed by atoms with van der Waals surface area (Å²) >= 11 is 1.21. The fourth-order valence-corrected chi connectivity index (χ4v) is 5.41. The second kappa shape index (κ2) is 10.1. The van der Waals surface area contributed by atoms with Gasteiger partial charge in [-0.3, -0.25) is 14.5 Å². The minimum atomic E-state index is -1.10. The average Bonchev–Trinajstić information content (AvgIpc) is 3.46. The summed E-state index contributed by atoms with van der Waals surface area (Å²) < 4.78 is 30.9. The van der Waals surface area contributed by atoms with Crippen LogP contribution in [0.3, 0.4) is 0 Å². The second-order valence-corrected chi connectivity index (χ2v) is 9.35. The molecule has 2 heterocycles. The molecule has 38 heavy (non-hydrogen) atoms. The number of hydrogen-bond acceptors (Lipinski definition) is 8. The fraction of sp³-hybridized carbons (Fsp3) is 0.179. The number of aliphatic hydroxyl groups is 1. The summed E-state index contributed by atoms with van der Waals surface area (Å²) in [6, 6.07) is 14.2. The maximum Gasteiger partial charge on any atom is 0.301 e. The molecule has 1 saturated heterocycles. The summed E-state index contributed by atoms with van der Waals surface area (Å²) in [6.45, 7) is 2.37. The largest absolute Gasteiger partial charge is 0.507 e. The van der Waals surface area contributed by atoms with Crippen molar-refractivity contribution in [3.8, 4) is 17.2 Å².